The zero-order valence-corrected chi connectivity index (χ0v) is 14.6. The van der Waals surface area contributed by atoms with Crippen LogP contribution >= 0.6 is 0 Å². The molecule has 0 radical (unpaired) electrons. The number of nitrogens with one attached hydrogen (secondary N) is 1. The molecule has 3 heteroatoms. The van der Waals surface area contributed by atoms with Gasteiger partial charge in [0.15, 0.2) is 0 Å². The number of anilines is 2. The predicted molar refractivity (Wildman–Crippen MR) is 104 cm³/mol. The first kappa shape index (κ1) is 18.5. The van der Waals surface area contributed by atoms with Crippen LogP contribution < -0.4 is 11.1 Å². The molecule has 2 rings (SSSR count). The van der Waals surface area contributed by atoms with Crippen molar-refractivity contribution in [2.24, 2.45) is 4.99 Å². The van der Waals surface area contributed by atoms with E-state index in [1.165, 1.54) is 5.56 Å². The van der Waals surface area contributed by atoms with Gasteiger partial charge in [0.25, 0.3) is 0 Å². The number of nitrogens with two attached hydrogens (primary N) is 1. The highest BCUT2D eigenvalue weighted by molar-refractivity contribution is 5.83. The Labute approximate surface area is 140 Å². The van der Waals surface area contributed by atoms with E-state index in [4.69, 9.17) is 5.73 Å². The van der Waals surface area contributed by atoms with Crippen molar-refractivity contribution in [2.45, 2.75) is 34.1 Å². The van der Waals surface area contributed by atoms with E-state index in [0.717, 1.165) is 29.1 Å². The van der Waals surface area contributed by atoms with Gasteiger partial charge in [-0.05, 0) is 37.1 Å². The lowest BCUT2D eigenvalue weighted by Crippen LogP contribution is -2.00. The van der Waals surface area contributed by atoms with Crippen LogP contribution in [0, 0.1) is 6.92 Å². The maximum absolute atomic E-state index is 6.04. The predicted octanol–water partition coefficient (Wildman–Crippen LogP) is 5.69. The van der Waals surface area contributed by atoms with Crippen LogP contribution in [0.5, 0.6) is 0 Å². The Morgan fingerprint density at radius 3 is 2.39 bits per heavy atom. The molecule has 122 valence electrons. The molecule has 0 bridgehead atoms. The maximum atomic E-state index is 6.04. The van der Waals surface area contributed by atoms with Crippen LogP contribution in [0.2, 0.25) is 0 Å². The summed E-state index contributed by atoms with van der Waals surface area (Å²) in [5.41, 5.74) is 11.7. The van der Waals surface area contributed by atoms with Crippen LogP contribution in [0.4, 0.5) is 17.1 Å². The molecule has 0 saturated carbocycles. The highest BCUT2D eigenvalue weighted by Gasteiger charge is 2.00. The van der Waals surface area contributed by atoms with Gasteiger partial charge in [0, 0.05) is 11.9 Å². The van der Waals surface area contributed by atoms with Crippen molar-refractivity contribution in [2.75, 3.05) is 11.1 Å². The third kappa shape index (κ3) is 5.99. The molecule has 23 heavy (non-hydrogen) atoms. The third-order valence-corrected chi connectivity index (χ3v) is 3.21. The molecule has 2 aromatic rings. The molecule has 0 aliphatic carbocycles. The normalized spacial score (nSPS) is 10.1. The molecule has 0 aliphatic heterocycles. The molecular weight excluding hydrogens is 282 g/mol. The lowest BCUT2D eigenvalue weighted by molar-refractivity contribution is 1.12. The first-order valence-electron chi connectivity index (χ1n) is 8.03. The Balaban J connectivity index is 0.00000127. The molecule has 0 aliphatic rings. The average molecular weight is 309 g/mol. The summed E-state index contributed by atoms with van der Waals surface area (Å²) in [5.74, 6) is 0. The highest BCUT2D eigenvalue weighted by atomic mass is 14.9. The molecule has 0 spiro atoms. The van der Waals surface area contributed by atoms with Crippen LogP contribution in [-0.4, -0.2) is 6.21 Å². The first-order valence-corrected chi connectivity index (χ1v) is 8.03. The van der Waals surface area contributed by atoms with E-state index in [1.807, 2.05) is 57.3 Å². The summed E-state index contributed by atoms with van der Waals surface area (Å²) in [6.45, 7) is 12.0. The molecule has 0 saturated heterocycles. The summed E-state index contributed by atoms with van der Waals surface area (Å²) in [6, 6.07) is 13.9. The van der Waals surface area contributed by atoms with Crippen LogP contribution in [0.3, 0.4) is 0 Å². The highest BCUT2D eigenvalue weighted by Crippen LogP contribution is 2.25. The van der Waals surface area contributed by atoms with Gasteiger partial charge in [-0.25, -0.2) is 0 Å². The van der Waals surface area contributed by atoms with Gasteiger partial charge in [0.2, 0.25) is 0 Å². The van der Waals surface area contributed by atoms with Gasteiger partial charge in [-0.3, -0.25) is 4.99 Å². The van der Waals surface area contributed by atoms with Crippen molar-refractivity contribution in [3.05, 3.63) is 65.9 Å². The second kappa shape index (κ2) is 9.46. The van der Waals surface area contributed by atoms with Gasteiger partial charge in [0.1, 0.15) is 0 Å². The van der Waals surface area contributed by atoms with Gasteiger partial charge >= 0.3 is 0 Å². The van der Waals surface area contributed by atoms with Gasteiger partial charge < -0.3 is 11.1 Å². The lowest BCUT2D eigenvalue weighted by Gasteiger charge is -2.10. The summed E-state index contributed by atoms with van der Waals surface area (Å²) in [6.07, 6.45) is 2.71. The molecule has 0 unspecified atom stereocenters. The maximum Gasteiger partial charge on any atom is 0.0651 e. The number of aliphatic imine (C=N–C) groups is 1. The fraction of sp³-hybridized carbons (Fsp3) is 0.250. The zero-order valence-electron chi connectivity index (χ0n) is 14.6. The SMILES string of the molecule is C=C(CC)Nc1ccc(N=Cc2ccc(C)cc2)cc1N.CC. The van der Waals surface area contributed by atoms with Crippen molar-refractivity contribution in [1.29, 1.82) is 0 Å². The van der Waals surface area contributed by atoms with Gasteiger partial charge in [0.05, 0.1) is 17.1 Å². The minimum atomic E-state index is 0.670. The van der Waals surface area contributed by atoms with E-state index in [-0.39, 0.29) is 0 Å². The number of nitrogens with zero attached hydrogens (tertiary/aromatic N) is 1. The molecule has 2 aromatic carbocycles. The fourth-order valence-corrected chi connectivity index (χ4v) is 1.82. The zero-order chi connectivity index (χ0) is 17.2. The minimum absolute atomic E-state index is 0.670. The van der Waals surface area contributed by atoms with Gasteiger partial charge in [-0.1, -0.05) is 57.2 Å². The van der Waals surface area contributed by atoms with Crippen molar-refractivity contribution in [3.8, 4) is 0 Å². The Bertz CT molecular complexity index is 655. The molecule has 0 aromatic heterocycles. The summed E-state index contributed by atoms with van der Waals surface area (Å²) in [7, 11) is 0. The van der Waals surface area contributed by atoms with Crippen LogP contribution in [0.15, 0.2) is 59.7 Å². The van der Waals surface area contributed by atoms with E-state index in [2.05, 4.69) is 35.9 Å². The topological polar surface area (TPSA) is 50.4 Å². The number of rotatable bonds is 5. The van der Waals surface area contributed by atoms with Crippen molar-refractivity contribution in [1.82, 2.24) is 0 Å². The number of hydrogen-bond acceptors (Lipinski definition) is 3. The summed E-state index contributed by atoms with van der Waals surface area (Å²) in [4.78, 5) is 4.45. The molecule has 0 amide bonds. The summed E-state index contributed by atoms with van der Waals surface area (Å²) >= 11 is 0. The monoisotopic (exact) mass is 309 g/mol. The molecule has 3 N–H and O–H groups in total. The van der Waals surface area contributed by atoms with Crippen LogP contribution in [-0.2, 0) is 0 Å². The van der Waals surface area contributed by atoms with E-state index in [9.17, 15) is 0 Å². The Hall–Kier alpha value is -2.55. The second-order valence-electron chi connectivity index (χ2n) is 5.02. The number of nitrogen functional groups attached to an aromatic ring is 1. The largest absolute Gasteiger partial charge is 0.397 e. The molecule has 0 heterocycles. The number of aryl methyl sites for hydroxylation is 1. The van der Waals surface area contributed by atoms with Crippen molar-refractivity contribution >= 4 is 23.3 Å². The smallest absolute Gasteiger partial charge is 0.0651 e. The molecule has 3 nitrogen and oxygen atoms in total. The summed E-state index contributed by atoms with van der Waals surface area (Å²) < 4.78 is 0. The third-order valence-electron chi connectivity index (χ3n) is 3.21. The van der Waals surface area contributed by atoms with E-state index >= 15 is 0 Å². The number of hydrogen-bond donors (Lipinski definition) is 2. The van der Waals surface area contributed by atoms with E-state index < -0.39 is 0 Å². The van der Waals surface area contributed by atoms with Crippen molar-refractivity contribution < 1.29 is 0 Å². The standard InChI is InChI=1S/C18H21N3.C2H6/c1-4-14(3)21-18-10-9-16(11-17(18)19)20-12-15-7-5-13(2)6-8-15;1-2/h5-12,21H,3-4,19H2,1-2H3;1-2H3. The Morgan fingerprint density at radius 2 is 1.83 bits per heavy atom. The average Bonchev–Trinajstić information content (AvgIpc) is 2.58. The van der Waals surface area contributed by atoms with Crippen molar-refractivity contribution in [3.63, 3.8) is 0 Å². The first-order chi connectivity index (χ1) is 11.1. The van der Waals surface area contributed by atoms with Gasteiger partial charge in [-0.2, -0.15) is 0 Å². The van der Waals surface area contributed by atoms with Crippen LogP contribution in [0.25, 0.3) is 0 Å². The molecule has 0 fully saturated rings. The van der Waals surface area contributed by atoms with Gasteiger partial charge in [-0.15, -0.1) is 0 Å². The Morgan fingerprint density at radius 1 is 1.17 bits per heavy atom. The molecular formula is C20H27N3. The number of benzene rings is 2. The minimum Gasteiger partial charge on any atom is -0.397 e. The lowest BCUT2D eigenvalue weighted by atomic mass is 10.2. The second-order valence-corrected chi connectivity index (χ2v) is 5.02. The van der Waals surface area contributed by atoms with E-state index in [1.54, 1.807) is 0 Å². The number of allylic oxidation sites excluding steroid dienone is 1. The quantitative estimate of drug-likeness (QED) is 0.550. The van der Waals surface area contributed by atoms with Crippen LogP contribution in [0.1, 0.15) is 38.3 Å². The molecule has 0 atom stereocenters. The Kier molecular flexibility index (Phi) is 7.61. The summed E-state index contributed by atoms with van der Waals surface area (Å²) in [5, 5.41) is 3.20. The fourth-order valence-electron chi connectivity index (χ4n) is 1.82. The van der Waals surface area contributed by atoms with E-state index in [0.29, 0.717) is 5.69 Å².